The predicted octanol–water partition coefficient (Wildman–Crippen LogP) is 2.89. The first-order valence-electron chi connectivity index (χ1n) is 9.20. The molecule has 0 spiro atoms. The molecule has 164 valence electrons. The smallest absolute Gasteiger partial charge is 0.383 e. The van der Waals surface area contributed by atoms with E-state index in [0.29, 0.717) is 12.8 Å². The Labute approximate surface area is 170 Å². The maximum Gasteiger partial charge on any atom is 0.404 e. The minimum absolute atomic E-state index is 0.0693. The monoisotopic (exact) mass is 449 g/mol. The zero-order valence-corrected chi connectivity index (χ0v) is 16.8. The van der Waals surface area contributed by atoms with Gasteiger partial charge in [0.05, 0.1) is 6.61 Å². The van der Waals surface area contributed by atoms with Gasteiger partial charge in [-0.1, -0.05) is 5.16 Å². The quantitative estimate of drug-likeness (QED) is 0.631. The molecule has 1 aliphatic heterocycles. The van der Waals surface area contributed by atoms with Gasteiger partial charge in [-0.25, -0.2) is 12.8 Å². The summed E-state index contributed by atoms with van der Waals surface area (Å²) < 4.78 is 91.2. The molecule has 2 fully saturated rings. The molecule has 2 heterocycles. The van der Waals surface area contributed by atoms with Gasteiger partial charge in [-0.2, -0.15) is 22.5 Å². The van der Waals surface area contributed by atoms with Crippen molar-refractivity contribution in [2.75, 3.05) is 26.8 Å². The Morgan fingerprint density at radius 3 is 2.43 bits per heavy atom. The van der Waals surface area contributed by atoms with Crippen LogP contribution in [0.4, 0.5) is 17.6 Å². The summed E-state index contributed by atoms with van der Waals surface area (Å²) in [6.45, 7) is -1.23. The molecule has 1 aliphatic carbocycles. The summed E-state index contributed by atoms with van der Waals surface area (Å²) in [7, 11) is -2.65. The van der Waals surface area contributed by atoms with E-state index in [0.717, 1.165) is 16.4 Å². The van der Waals surface area contributed by atoms with Crippen molar-refractivity contribution >= 4 is 10.0 Å². The van der Waals surface area contributed by atoms with E-state index in [9.17, 15) is 26.0 Å². The molecule has 0 bridgehead atoms. The summed E-state index contributed by atoms with van der Waals surface area (Å²) >= 11 is 0. The van der Waals surface area contributed by atoms with Crippen LogP contribution >= 0.6 is 0 Å². The standard InChI is InChI=1S/C18H19F4N3O4S/c1-28-11-16(6-7-16)30(26,27)25-9-8-17(10-25,18(20,21)22)15-23-14(24-29-15)12-2-4-13(19)5-3-12/h2-5H,6-11H2,1H3. The Morgan fingerprint density at radius 2 is 1.87 bits per heavy atom. The zero-order valence-electron chi connectivity index (χ0n) is 15.9. The largest absolute Gasteiger partial charge is 0.404 e. The van der Waals surface area contributed by atoms with Gasteiger partial charge in [-0.05, 0) is 43.5 Å². The van der Waals surface area contributed by atoms with Crippen molar-refractivity contribution in [3.05, 3.63) is 36.0 Å². The van der Waals surface area contributed by atoms with Crippen molar-refractivity contribution in [2.45, 2.75) is 35.6 Å². The second-order valence-corrected chi connectivity index (χ2v) is 10.0. The highest BCUT2D eigenvalue weighted by atomic mass is 32.2. The summed E-state index contributed by atoms with van der Waals surface area (Å²) in [6.07, 6.45) is -4.67. The van der Waals surface area contributed by atoms with E-state index >= 15 is 0 Å². The maximum absolute atomic E-state index is 14.2. The molecule has 4 rings (SSSR count). The van der Waals surface area contributed by atoms with Crippen LogP contribution < -0.4 is 0 Å². The van der Waals surface area contributed by atoms with E-state index in [1.54, 1.807) is 0 Å². The first kappa shape index (κ1) is 21.2. The predicted molar refractivity (Wildman–Crippen MR) is 96.4 cm³/mol. The molecule has 1 aromatic carbocycles. The van der Waals surface area contributed by atoms with Crippen molar-refractivity contribution in [1.29, 1.82) is 0 Å². The Kier molecular flexibility index (Phi) is 4.94. The Hall–Kier alpha value is -2.05. The molecule has 7 nitrogen and oxygen atoms in total. The van der Waals surface area contributed by atoms with Crippen LogP contribution in [0.25, 0.3) is 11.4 Å². The highest BCUT2D eigenvalue weighted by molar-refractivity contribution is 7.90. The topological polar surface area (TPSA) is 85.5 Å². The molecule has 0 amide bonds. The van der Waals surface area contributed by atoms with E-state index in [1.165, 1.54) is 19.2 Å². The molecule has 0 N–H and O–H groups in total. The van der Waals surface area contributed by atoms with Crippen LogP contribution in [0.3, 0.4) is 0 Å². The summed E-state index contributed by atoms with van der Waals surface area (Å²) in [5, 5.41) is 3.60. The average Bonchev–Trinajstić information content (AvgIpc) is 3.12. The van der Waals surface area contributed by atoms with Crippen molar-refractivity contribution in [1.82, 2.24) is 14.4 Å². The van der Waals surface area contributed by atoms with Crippen LogP contribution in [0, 0.1) is 5.82 Å². The first-order chi connectivity index (χ1) is 14.0. The molecule has 0 radical (unpaired) electrons. The lowest BCUT2D eigenvalue weighted by atomic mass is 9.86. The van der Waals surface area contributed by atoms with Crippen LogP contribution in [0.2, 0.25) is 0 Å². The zero-order chi connectivity index (χ0) is 21.8. The van der Waals surface area contributed by atoms with Gasteiger partial charge in [0, 0.05) is 25.8 Å². The molecule has 2 aromatic rings. The van der Waals surface area contributed by atoms with E-state index < -0.39 is 51.0 Å². The van der Waals surface area contributed by atoms with Gasteiger partial charge in [-0.3, -0.25) is 0 Å². The third-order valence-electron chi connectivity index (χ3n) is 5.82. The van der Waals surface area contributed by atoms with Crippen molar-refractivity contribution in [2.24, 2.45) is 0 Å². The van der Waals surface area contributed by atoms with Gasteiger partial charge < -0.3 is 9.26 Å². The van der Waals surface area contributed by atoms with Crippen LogP contribution in [-0.4, -0.2) is 60.6 Å². The average molecular weight is 449 g/mol. The molecule has 1 unspecified atom stereocenters. The SMILES string of the molecule is COCC1(S(=O)(=O)N2CCC(c3nc(-c4ccc(F)cc4)no3)(C(F)(F)F)C2)CC1. The summed E-state index contributed by atoms with van der Waals surface area (Å²) in [4.78, 5) is 3.90. The number of halogens is 4. The highest BCUT2D eigenvalue weighted by Crippen LogP contribution is 2.52. The van der Waals surface area contributed by atoms with Crippen molar-refractivity contribution in [3.63, 3.8) is 0 Å². The molecule has 2 aliphatic rings. The maximum atomic E-state index is 14.2. The summed E-state index contributed by atoms with van der Waals surface area (Å²) in [5.74, 6) is -1.35. The lowest BCUT2D eigenvalue weighted by Gasteiger charge is -2.29. The number of alkyl halides is 3. The molecule has 30 heavy (non-hydrogen) atoms. The molecular weight excluding hydrogens is 430 g/mol. The number of hydrogen-bond acceptors (Lipinski definition) is 6. The third-order valence-corrected chi connectivity index (χ3v) is 8.43. The first-order valence-corrected chi connectivity index (χ1v) is 10.6. The molecule has 1 aromatic heterocycles. The molecule has 1 saturated carbocycles. The number of hydrogen-bond donors (Lipinski definition) is 0. The van der Waals surface area contributed by atoms with Crippen LogP contribution in [0.15, 0.2) is 28.8 Å². The fourth-order valence-electron chi connectivity index (χ4n) is 3.79. The summed E-state index contributed by atoms with van der Waals surface area (Å²) in [6, 6.07) is 4.88. The lowest BCUT2D eigenvalue weighted by molar-refractivity contribution is -0.192. The number of rotatable bonds is 6. The number of ether oxygens (including phenoxy) is 1. The number of methoxy groups -OCH3 is 1. The molecular formula is C18H19F4N3O4S. The fourth-order valence-corrected chi connectivity index (χ4v) is 5.95. The number of aromatic nitrogens is 2. The Morgan fingerprint density at radius 1 is 1.20 bits per heavy atom. The second kappa shape index (κ2) is 6.99. The Bertz CT molecular complexity index is 1030. The third kappa shape index (κ3) is 3.21. The van der Waals surface area contributed by atoms with E-state index in [4.69, 9.17) is 9.26 Å². The summed E-state index contributed by atoms with van der Waals surface area (Å²) in [5.41, 5.74) is -2.34. The molecule has 1 saturated heterocycles. The molecule has 1 atom stereocenters. The molecule has 12 heteroatoms. The van der Waals surface area contributed by atoms with Crippen molar-refractivity contribution < 1.29 is 35.2 Å². The lowest BCUT2D eigenvalue weighted by Crippen LogP contribution is -2.48. The van der Waals surface area contributed by atoms with Gasteiger partial charge in [-0.15, -0.1) is 0 Å². The van der Waals surface area contributed by atoms with Gasteiger partial charge in [0.15, 0.2) is 5.41 Å². The van der Waals surface area contributed by atoms with Gasteiger partial charge in [0.1, 0.15) is 10.6 Å². The van der Waals surface area contributed by atoms with Gasteiger partial charge in [0.25, 0.3) is 0 Å². The highest BCUT2D eigenvalue weighted by Gasteiger charge is 2.67. The minimum atomic E-state index is -4.82. The Balaban J connectivity index is 1.67. The van der Waals surface area contributed by atoms with E-state index in [-0.39, 0.29) is 24.5 Å². The van der Waals surface area contributed by atoms with Gasteiger partial charge in [0.2, 0.25) is 21.7 Å². The van der Waals surface area contributed by atoms with E-state index in [2.05, 4.69) is 10.1 Å². The second-order valence-electron chi connectivity index (χ2n) is 7.71. The number of benzene rings is 1. The fraction of sp³-hybridized carbons (Fsp3) is 0.556. The van der Waals surface area contributed by atoms with Crippen molar-refractivity contribution in [3.8, 4) is 11.4 Å². The number of nitrogens with zero attached hydrogens (tertiary/aromatic N) is 3. The van der Waals surface area contributed by atoms with Crippen LogP contribution in [-0.2, 0) is 20.2 Å². The van der Waals surface area contributed by atoms with Gasteiger partial charge >= 0.3 is 6.18 Å². The van der Waals surface area contributed by atoms with Crippen LogP contribution in [0.5, 0.6) is 0 Å². The van der Waals surface area contributed by atoms with Crippen LogP contribution in [0.1, 0.15) is 25.2 Å². The minimum Gasteiger partial charge on any atom is -0.383 e. The number of sulfonamides is 1. The normalized spacial score (nSPS) is 24.3. The van der Waals surface area contributed by atoms with E-state index in [1.807, 2.05) is 0 Å².